The van der Waals surface area contributed by atoms with Crippen molar-refractivity contribution < 1.29 is 35.7 Å². The molecule has 5 nitrogen and oxygen atoms in total. The second-order valence-electron chi connectivity index (χ2n) is 6.84. The Morgan fingerprint density at radius 2 is 1.83 bits per heavy atom. The minimum Gasteiger partial charge on any atom is -0.345 e. The topological polar surface area (TPSA) is 58.4 Å². The quantitative estimate of drug-likeness (QED) is 0.632. The predicted molar refractivity (Wildman–Crippen MR) is 95.4 cm³/mol. The molecule has 1 fully saturated rings. The monoisotopic (exact) mass is 455 g/mol. The zero-order chi connectivity index (χ0) is 22.1. The maximum atomic E-state index is 12.8. The molecule has 164 valence electrons. The van der Waals surface area contributed by atoms with Crippen molar-refractivity contribution in [3.63, 3.8) is 0 Å². The van der Waals surface area contributed by atoms with Crippen LogP contribution in [0.2, 0.25) is 5.02 Å². The summed E-state index contributed by atoms with van der Waals surface area (Å²) in [6.07, 6.45) is -8.04. The van der Waals surface area contributed by atoms with Crippen molar-refractivity contribution in [1.82, 2.24) is 10.1 Å². The van der Waals surface area contributed by atoms with Gasteiger partial charge in [0.1, 0.15) is 6.54 Å². The van der Waals surface area contributed by atoms with Gasteiger partial charge in [-0.1, -0.05) is 16.8 Å². The lowest BCUT2D eigenvalue weighted by atomic mass is 9.93. The van der Waals surface area contributed by atoms with Crippen molar-refractivity contribution in [2.24, 2.45) is 0 Å². The molecule has 0 aliphatic carbocycles. The van der Waals surface area contributed by atoms with Crippen LogP contribution in [0.3, 0.4) is 0 Å². The number of aromatic nitrogens is 1. The fraction of sp³-hybridized carbons (Fsp3) is 0.444. The van der Waals surface area contributed by atoms with E-state index in [0.717, 1.165) is 18.2 Å². The van der Waals surface area contributed by atoms with Crippen LogP contribution in [0, 0.1) is 0 Å². The lowest BCUT2D eigenvalue weighted by molar-refractivity contribution is -0.137. The predicted octanol–water partition coefficient (Wildman–Crippen LogP) is 5.34. The van der Waals surface area contributed by atoms with Crippen LogP contribution in [-0.2, 0) is 6.18 Å². The Morgan fingerprint density at radius 1 is 1.17 bits per heavy atom. The van der Waals surface area contributed by atoms with Gasteiger partial charge in [0.25, 0.3) is 5.91 Å². The van der Waals surface area contributed by atoms with Crippen LogP contribution >= 0.6 is 11.6 Å². The molecule has 0 spiro atoms. The first-order chi connectivity index (χ1) is 13.9. The lowest BCUT2D eigenvalue weighted by Crippen LogP contribution is -2.38. The van der Waals surface area contributed by atoms with Gasteiger partial charge in [0, 0.05) is 30.6 Å². The van der Waals surface area contributed by atoms with E-state index in [4.69, 9.17) is 16.1 Å². The maximum Gasteiger partial charge on any atom is 0.417 e. The Morgan fingerprint density at radius 3 is 2.40 bits per heavy atom. The van der Waals surface area contributed by atoms with E-state index in [1.54, 1.807) is 0 Å². The smallest absolute Gasteiger partial charge is 0.345 e. The average Bonchev–Trinajstić information content (AvgIpc) is 3.13. The number of carbonyl (C=O) groups is 1. The Labute approximate surface area is 172 Å². The highest BCUT2D eigenvalue weighted by molar-refractivity contribution is 6.31. The minimum absolute atomic E-state index is 0.0477. The molecule has 12 heteroatoms. The number of amides is 1. The van der Waals surface area contributed by atoms with Crippen LogP contribution in [0.15, 0.2) is 28.8 Å². The van der Waals surface area contributed by atoms with Crippen LogP contribution in [-0.4, -0.2) is 41.8 Å². The van der Waals surface area contributed by atoms with Gasteiger partial charge < -0.3 is 14.7 Å². The van der Waals surface area contributed by atoms with Gasteiger partial charge in [0.2, 0.25) is 5.88 Å². The van der Waals surface area contributed by atoms with E-state index in [-0.39, 0.29) is 17.4 Å². The van der Waals surface area contributed by atoms with Gasteiger partial charge >= 0.3 is 12.4 Å². The second-order valence-corrected chi connectivity index (χ2v) is 7.25. The summed E-state index contributed by atoms with van der Waals surface area (Å²) in [5.41, 5.74) is -0.490. The zero-order valence-electron chi connectivity index (χ0n) is 15.3. The van der Waals surface area contributed by atoms with Crippen molar-refractivity contribution in [1.29, 1.82) is 0 Å². The van der Waals surface area contributed by atoms with Gasteiger partial charge in [0.15, 0.2) is 0 Å². The van der Waals surface area contributed by atoms with E-state index in [0.29, 0.717) is 31.6 Å². The van der Waals surface area contributed by atoms with Crippen molar-refractivity contribution in [3.05, 3.63) is 46.1 Å². The van der Waals surface area contributed by atoms with E-state index in [9.17, 15) is 31.1 Å². The molecule has 3 rings (SSSR count). The largest absolute Gasteiger partial charge is 0.417 e. The fourth-order valence-electron chi connectivity index (χ4n) is 3.19. The number of hydrogen-bond donors (Lipinski definition) is 1. The molecule has 1 aliphatic heterocycles. The molecule has 1 saturated heterocycles. The van der Waals surface area contributed by atoms with Gasteiger partial charge in [-0.25, -0.2) is 0 Å². The number of carbonyl (C=O) groups excluding carboxylic acids is 1. The van der Waals surface area contributed by atoms with Gasteiger partial charge in [0.05, 0.1) is 16.3 Å². The number of halogens is 7. The summed E-state index contributed by atoms with van der Waals surface area (Å²) < 4.78 is 80.0. The number of rotatable bonds is 4. The molecule has 0 unspecified atom stereocenters. The summed E-state index contributed by atoms with van der Waals surface area (Å²) in [5.74, 6) is -0.660. The molecule has 2 aromatic rings. The summed E-state index contributed by atoms with van der Waals surface area (Å²) >= 11 is 5.67. The molecule has 1 amide bonds. The molecular weight excluding hydrogens is 440 g/mol. The summed E-state index contributed by atoms with van der Waals surface area (Å²) in [6.45, 7) is -0.634. The van der Waals surface area contributed by atoms with Gasteiger partial charge in [-0.3, -0.25) is 4.79 Å². The second kappa shape index (κ2) is 8.37. The number of anilines is 1. The third-order valence-corrected chi connectivity index (χ3v) is 5.03. The molecule has 1 N–H and O–H groups in total. The first kappa shape index (κ1) is 22.3. The van der Waals surface area contributed by atoms with Crippen LogP contribution in [0.5, 0.6) is 0 Å². The van der Waals surface area contributed by atoms with Gasteiger partial charge in [-0.2, -0.15) is 26.3 Å². The molecule has 0 bridgehead atoms. The highest BCUT2D eigenvalue weighted by Crippen LogP contribution is 2.35. The fourth-order valence-corrected chi connectivity index (χ4v) is 3.48. The highest BCUT2D eigenvalue weighted by Gasteiger charge is 2.34. The third kappa shape index (κ3) is 5.38. The Bertz CT molecular complexity index is 904. The number of piperidine rings is 1. The number of alkyl halides is 6. The molecule has 0 atom stereocenters. The first-order valence-electron chi connectivity index (χ1n) is 8.87. The number of nitrogens with one attached hydrogen (secondary N) is 1. The number of nitrogens with zero attached hydrogens (tertiary/aromatic N) is 2. The van der Waals surface area contributed by atoms with E-state index >= 15 is 0 Å². The number of benzene rings is 1. The van der Waals surface area contributed by atoms with Crippen LogP contribution in [0.4, 0.5) is 32.2 Å². The summed E-state index contributed by atoms with van der Waals surface area (Å²) in [7, 11) is 0. The van der Waals surface area contributed by atoms with Crippen LogP contribution < -0.4 is 5.32 Å². The lowest BCUT2D eigenvalue weighted by Gasteiger charge is -2.31. The standard InChI is InChI=1S/C18H16ClF6N3O2/c19-13-7-11(1-2-12(13)18(23,24)25)16(29)28-5-3-10(4-6-28)14-8-15(30-27-14)26-9-17(20,21)22/h1-2,7-8,10,26H,3-6,9H2. The van der Waals surface area contributed by atoms with Gasteiger partial charge in [-0.15, -0.1) is 0 Å². The maximum absolute atomic E-state index is 12.8. The normalized spacial score (nSPS) is 16.0. The van der Waals surface area contributed by atoms with E-state index < -0.39 is 35.4 Å². The van der Waals surface area contributed by atoms with E-state index in [2.05, 4.69) is 10.5 Å². The molecular formula is C18H16ClF6N3O2. The molecule has 0 saturated carbocycles. The molecule has 1 aromatic carbocycles. The molecule has 30 heavy (non-hydrogen) atoms. The van der Waals surface area contributed by atoms with Crippen molar-refractivity contribution in [2.75, 3.05) is 25.0 Å². The average molecular weight is 456 g/mol. The number of likely N-dealkylation sites (tertiary alicyclic amines) is 1. The summed E-state index contributed by atoms with van der Waals surface area (Å²) in [6, 6.07) is 4.24. The Balaban J connectivity index is 1.58. The molecule has 1 aromatic heterocycles. The highest BCUT2D eigenvalue weighted by atomic mass is 35.5. The molecule has 1 aliphatic rings. The van der Waals surface area contributed by atoms with Crippen LogP contribution in [0.1, 0.15) is 40.4 Å². The Kier molecular flexibility index (Phi) is 6.21. The zero-order valence-corrected chi connectivity index (χ0v) is 16.0. The van der Waals surface area contributed by atoms with Crippen molar-refractivity contribution >= 4 is 23.4 Å². The summed E-state index contributed by atoms with van der Waals surface area (Å²) in [5, 5.41) is 5.33. The first-order valence-corrected chi connectivity index (χ1v) is 9.25. The molecule has 0 radical (unpaired) electrons. The van der Waals surface area contributed by atoms with Crippen molar-refractivity contribution in [2.45, 2.75) is 31.1 Å². The molecule has 2 heterocycles. The minimum atomic E-state index is -4.61. The third-order valence-electron chi connectivity index (χ3n) is 4.71. The SMILES string of the molecule is O=C(c1ccc(C(F)(F)F)c(Cl)c1)N1CCC(c2cc(NCC(F)(F)F)on2)CC1. The van der Waals surface area contributed by atoms with Gasteiger partial charge in [-0.05, 0) is 31.0 Å². The summed E-state index contributed by atoms with van der Waals surface area (Å²) in [4.78, 5) is 14.1. The van der Waals surface area contributed by atoms with E-state index in [1.165, 1.54) is 11.0 Å². The van der Waals surface area contributed by atoms with Crippen molar-refractivity contribution in [3.8, 4) is 0 Å². The van der Waals surface area contributed by atoms with E-state index in [1.807, 2.05) is 0 Å². The van der Waals surface area contributed by atoms with Crippen LogP contribution in [0.25, 0.3) is 0 Å². The number of hydrogen-bond acceptors (Lipinski definition) is 4. The Hall–Kier alpha value is -2.43.